The summed E-state index contributed by atoms with van der Waals surface area (Å²) < 4.78 is 7.00. The molecule has 0 bridgehead atoms. The Balaban J connectivity index is 1.66. The SMILES string of the molecule is CNC1C(=O)OCc2c1cc1n(c2=O)Cc2c-1nc1ccc(N)c3c1c2CCC3. The number of esters is 1. The van der Waals surface area contributed by atoms with Crippen LogP contribution in [0.15, 0.2) is 23.0 Å². The average Bonchev–Trinajstić information content (AvgIpc) is 3.10. The third-order valence-electron chi connectivity index (χ3n) is 6.55. The summed E-state index contributed by atoms with van der Waals surface area (Å²) in [4.78, 5) is 30.4. The molecule has 1 atom stereocenters. The van der Waals surface area contributed by atoms with Gasteiger partial charge in [-0.25, -0.2) is 9.78 Å². The van der Waals surface area contributed by atoms with Gasteiger partial charge in [0.15, 0.2) is 0 Å². The molecule has 0 fully saturated rings. The van der Waals surface area contributed by atoms with Crippen molar-refractivity contribution in [2.24, 2.45) is 0 Å². The van der Waals surface area contributed by atoms with Gasteiger partial charge in [-0.1, -0.05) is 0 Å². The number of likely N-dealkylation sites (N-methyl/N-ethyl adjacent to an activating group) is 1. The molecular formula is C22H20N4O3. The van der Waals surface area contributed by atoms with E-state index in [-0.39, 0.29) is 18.1 Å². The second-order valence-electron chi connectivity index (χ2n) is 7.98. The maximum absolute atomic E-state index is 13.3. The van der Waals surface area contributed by atoms with E-state index in [2.05, 4.69) is 5.32 Å². The number of nitrogen functional groups attached to an aromatic ring is 1. The summed E-state index contributed by atoms with van der Waals surface area (Å²) >= 11 is 0. The first-order chi connectivity index (χ1) is 14.1. The van der Waals surface area contributed by atoms with Gasteiger partial charge in [0.25, 0.3) is 5.56 Å². The number of nitrogens with zero attached hydrogens (tertiary/aromatic N) is 2. The van der Waals surface area contributed by atoms with Crippen LogP contribution in [0.2, 0.25) is 0 Å². The van der Waals surface area contributed by atoms with Gasteiger partial charge in [-0.15, -0.1) is 0 Å². The molecule has 0 saturated carbocycles. The smallest absolute Gasteiger partial charge is 0.328 e. The number of hydrogen-bond acceptors (Lipinski definition) is 6. The highest BCUT2D eigenvalue weighted by molar-refractivity contribution is 5.94. The van der Waals surface area contributed by atoms with Crippen molar-refractivity contribution in [2.75, 3.05) is 12.8 Å². The van der Waals surface area contributed by atoms with Crippen LogP contribution in [0.25, 0.3) is 22.3 Å². The Morgan fingerprint density at radius 3 is 2.83 bits per heavy atom. The van der Waals surface area contributed by atoms with E-state index < -0.39 is 6.04 Å². The molecule has 3 aromatic rings. The number of cyclic esters (lactones) is 1. The minimum Gasteiger partial charge on any atom is -0.459 e. The van der Waals surface area contributed by atoms with E-state index in [1.807, 2.05) is 18.2 Å². The van der Waals surface area contributed by atoms with Gasteiger partial charge in [-0.2, -0.15) is 0 Å². The Bertz CT molecular complexity index is 1310. The zero-order valence-electron chi connectivity index (χ0n) is 16.0. The van der Waals surface area contributed by atoms with Crippen LogP contribution in [-0.4, -0.2) is 22.6 Å². The van der Waals surface area contributed by atoms with Gasteiger partial charge < -0.3 is 20.4 Å². The average molecular weight is 388 g/mol. The van der Waals surface area contributed by atoms with Crippen LogP contribution < -0.4 is 16.6 Å². The highest BCUT2D eigenvalue weighted by Crippen LogP contribution is 2.41. The minimum atomic E-state index is -0.633. The third-order valence-corrected chi connectivity index (χ3v) is 6.55. The predicted octanol–water partition coefficient (Wildman–Crippen LogP) is 1.81. The summed E-state index contributed by atoms with van der Waals surface area (Å²) in [5, 5.41) is 4.13. The van der Waals surface area contributed by atoms with Crippen LogP contribution in [0, 0.1) is 0 Å². The van der Waals surface area contributed by atoms with Gasteiger partial charge in [0.2, 0.25) is 0 Å². The lowest BCUT2D eigenvalue weighted by Gasteiger charge is -2.24. The predicted molar refractivity (Wildman–Crippen MR) is 109 cm³/mol. The quantitative estimate of drug-likeness (QED) is 0.381. The molecule has 3 aliphatic rings. The van der Waals surface area contributed by atoms with Gasteiger partial charge in [-0.3, -0.25) is 4.79 Å². The van der Waals surface area contributed by atoms with Crippen molar-refractivity contribution in [1.82, 2.24) is 14.9 Å². The molecule has 0 radical (unpaired) electrons. The van der Waals surface area contributed by atoms with Gasteiger partial charge >= 0.3 is 5.97 Å². The molecule has 3 N–H and O–H groups in total. The molecule has 7 heteroatoms. The molecule has 7 nitrogen and oxygen atoms in total. The van der Waals surface area contributed by atoms with E-state index in [4.69, 9.17) is 15.5 Å². The van der Waals surface area contributed by atoms with Crippen molar-refractivity contribution in [1.29, 1.82) is 0 Å². The summed E-state index contributed by atoms with van der Waals surface area (Å²) in [7, 11) is 1.70. The standard InChI is InChI=1S/C22H20N4O3/c1-24-20-12-7-17-19-13(8-26(17)21(27)14(12)9-29-22(20)28)10-3-2-4-11-15(23)5-6-16(25-19)18(10)11/h5-7,20,24H,2-4,8-9,23H2,1H3. The molecule has 4 heterocycles. The lowest BCUT2D eigenvalue weighted by molar-refractivity contribution is -0.149. The van der Waals surface area contributed by atoms with Gasteiger partial charge in [0, 0.05) is 16.6 Å². The Morgan fingerprint density at radius 1 is 1.17 bits per heavy atom. The zero-order valence-corrected chi connectivity index (χ0v) is 16.0. The third kappa shape index (κ3) is 2.08. The number of rotatable bonds is 1. The summed E-state index contributed by atoms with van der Waals surface area (Å²) in [6.07, 6.45) is 2.96. The number of benzene rings is 1. The molecule has 0 amide bonds. The van der Waals surface area contributed by atoms with Crippen LogP contribution >= 0.6 is 0 Å². The topological polar surface area (TPSA) is 99.2 Å². The summed E-state index contributed by atoms with van der Waals surface area (Å²) in [5.74, 6) is -0.357. The van der Waals surface area contributed by atoms with Crippen molar-refractivity contribution in [2.45, 2.75) is 38.5 Å². The molecule has 29 heavy (non-hydrogen) atoms. The number of anilines is 1. The van der Waals surface area contributed by atoms with Crippen LogP contribution in [0.4, 0.5) is 5.69 Å². The number of hydrogen-bond donors (Lipinski definition) is 2. The van der Waals surface area contributed by atoms with Crippen LogP contribution in [0.1, 0.15) is 40.3 Å². The monoisotopic (exact) mass is 388 g/mol. The Hall–Kier alpha value is -3.19. The van der Waals surface area contributed by atoms with Crippen molar-refractivity contribution >= 4 is 22.6 Å². The summed E-state index contributed by atoms with van der Waals surface area (Å²) in [6.45, 7) is 0.520. The lowest BCUT2D eigenvalue weighted by atomic mass is 9.86. The molecule has 1 aromatic carbocycles. The van der Waals surface area contributed by atoms with E-state index in [1.165, 1.54) is 11.1 Å². The molecular weight excluding hydrogens is 368 g/mol. The highest BCUT2D eigenvalue weighted by atomic mass is 16.5. The maximum Gasteiger partial charge on any atom is 0.328 e. The van der Waals surface area contributed by atoms with E-state index in [0.717, 1.165) is 52.8 Å². The Morgan fingerprint density at radius 2 is 2.00 bits per heavy atom. The molecule has 0 spiro atoms. The van der Waals surface area contributed by atoms with Crippen LogP contribution in [0.5, 0.6) is 0 Å². The number of nitrogens with two attached hydrogens (primary N) is 1. The number of carbonyl (C=O) groups excluding carboxylic acids is 1. The fourth-order valence-electron chi connectivity index (χ4n) is 5.18. The maximum atomic E-state index is 13.3. The molecule has 1 aliphatic carbocycles. The summed E-state index contributed by atoms with van der Waals surface area (Å²) in [6, 6.07) is 5.20. The first-order valence-electron chi connectivity index (χ1n) is 9.92. The molecule has 1 unspecified atom stereocenters. The number of ether oxygens (including phenoxy) is 1. The van der Waals surface area contributed by atoms with Crippen LogP contribution in [0.3, 0.4) is 0 Å². The lowest BCUT2D eigenvalue weighted by Crippen LogP contribution is -2.37. The van der Waals surface area contributed by atoms with Gasteiger partial charge in [0.05, 0.1) is 29.0 Å². The fraction of sp³-hybridized carbons (Fsp3) is 0.318. The first-order valence-corrected chi connectivity index (χ1v) is 9.92. The van der Waals surface area contributed by atoms with Crippen molar-refractivity contribution in [3.63, 3.8) is 0 Å². The first kappa shape index (κ1) is 16.7. The Kier molecular flexibility index (Phi) is 3.27. The number of fused-ring (bicyclic) bond motifs is 5. The minimum absolute atomic E-state index is 0.0186. The zero-order chi connectivity index (χ0) is 19.9. The van der Waals surface area contributed by atoms with E-state index in [1.54, 1.807) is 11.6 Å². The molecule has 2 aromatic heterocycles. The largest absolute Gasteiger partial charge is 0.459 e. The van der Waals surface area contributed by atoms with Crippen molar-refractivity contribution in [3.8, 4) is 11.4 Å². The molecule has 0 saturated heterocycles. The highest BCUT2D eigenvalue weighted by Gasteiger charge is 2.35. The van der Waals surface area contributed by atoms with Crippen LogP contribution in [-0.2, 0) is 35.5 Å². The number of carbonyl (C=O) groups is 1. The van der Waals surface area contributed by atoms with Gasteiger partial charge in [0.1, 0.15) is 12.6 Å². The van der Waals surface area contributed by atoms with E-state index >= 15 is 0 Å². The number of aromatic nitrogens is 2. The van der Waals surface area contributed by atoms with Gasteiger partial charge in [-0.05, 0) is 61.2 Å². The molecule has 146 valence electrons. The fourth-order valence-corrected chi connectivity index (χ4v) is 5.18. The number of nitrogens with one attached hydrogen (secondary N) is 1. The number of pyridine rings is 2. The summed E-state index contributed by atoms with van der Waals surface area (Å²) in [5.41, 5.74) is 14.3. The van der Waals surface area contributed by atoms with E-state index in [9.17, 15) is 9.59 Å². The molecule has 6 rings (SSSR count). The van der Waals surface area contributed by atoms with Crippen molar-refractivity contribution < 1.29 is 9.53 Å². The normalized spacial score (nSPS) is 18.9. The van der Waals surface area contributed by atoms with E-state index in [0.29, 0.717) is 17.7 Å². The number of aryl methyl sites for hydroxylation is 2. The second kappa shape index (κ2) is 5.67. The molecule has 2 aliphatic heterocycles. The van der Waals surface area contributed by atoms with Crippen molar-refractivity contribution in [3.05, 3.63) is 56.4 Å². The second-order valence-corrected chi connectivity index (χ2v) is 7.98. The Labute approximate surface area is 166 Å².